The molecule has 15 heavy (non-hydrogen) atoms. The fourth-order valence-corrected chi connectivity index (χ4v) is 1.49. The van der Waals surface area contributed by atoms with Crippen molar-refractivity contribution in [1.29, 1.82) is 0 Å². The minimum absolute atomic E-state index is 0.00602. The first-order chi connectivity index (χ1) is 7.13. The fraction of sp³-hybridized carbons (Fsp3) is 0.417. The molecule has 0 spiro atoms. The van der Waals surface area contributed by atoms with Crippen LogP contribution in [0.25, 0.3) is 0 Å². The highest BCUT2D eigenvalue weighted by Gasteiger charge is 2.10. The van der Waals surface area contributed by atoms with Crippen LogP contribution in [0.3, 0.4) is 0 Å². The lowest BCUT2D eigenvalue weighted by Crippen LogP contribution is -2.27. The number of hydrogen-bond acceptors (Lipinski definition) is 2. The normalized spacial score (nSPS) is 12.2. The monoisotopic (exact) mass is 206 g/mol. The summed E-state index contributed by atoms with van der Waals surface area (Å²) in [6, 6.07) is 7.74. The fourth-order valence-electron chi connectivity index (χ4n) is 1.49. The molecule has 0 aliphatic heterocycles. The molecule has 0 saturated heterocycles. The van der Waals surface area contributed by atoms with Gasteiger partial charge >= 0.3 is 0 Å². The van der Waals surface area contributed by atoms with Crippen molar-refractivity contribution in [2.45, 2.75) is 26.3 Å². The molecule has 1 aromatic rings. The molecule has 0 radical (unpaired) electrons. The van der Waals surface area contributed by atoms with E-state index in [2.05, 4.69) is 5.32 Å². The molecule has 0 fully saturated rings. The minimum Gasteiger partial charge on any atom is -0.356 e. The van der Waals surface area contributed by atoms with Crippen molar-refractivity contribution < 1.29 is 4.79 Å². The maximum absolute atomic E-state index is 11.3. The molecule has 3 heteroatoms. The second kappa shape index (κ2) is 5.51. The molecule has 3 nitrogen and oxygen atoms in total. The van der Waals surface area contributed by atoms with Crippen molar-refractivity contribution in [2.24, 2.45) is 5.73 Å². The van der Waals surface area contributed by atoms with Gasteiger partial charge in [-0.3, -0.25) is 4.79 Å². The third kappa shape index (κ3) is 3.72. The lowest BCUT2D eigenvalue weighted by molar-refractivity contribution is -0.121. The van der Waals surface area contributed by atoms with E-state index < -0.39 is 0 Å². The van der Waals surface area contributed by atoms with Gasteiger partial charge in [0.25, 0.3) is 0 Å². The van der Waals surface area contributed by atoms with Gasteiger partial charge in [0, 0.05) is 19.0 Å². The third-order valence-electron chi connectivity index (χ3n) is 2.25. The molecule has 1 rings (SSSR count). The van der Waals surface area contributed by atoms with Crippen LogP contribution in [-0.4, -0.2) is 12.5 Å². The van der Waals surface area contributed by atoms with Gasteiger partial charge in [-0.05, 0) is 19.4 Å². The second-order valence-electron chi connectivity index (χ2n) is 3.68. The zero-order valence-electron chi connectivity index (χ0n) is 9.29. The molecule has 0 heterocycles. The van der Waals surface area contributed by atoms with Gasteiger partial charge in [-0.15, -0.1) is 0 Å². The third-order valence-corrected chi connectivity index (χ3v) is 2.25. The van der Waals surface area contributed by atoms with Crippen LogP contribution in [0.4, 0.5) is 0 Å². The highest BCUT2D eigenvalue weighted by molar-refractivity contribution is 5.76. The van der Waals surface area contributed by atoms with E-state index in [0.717, 1.165) is 5.56 Å². The van der Waals surface area contributed by atoms with Crippen LogP contribution in [0, 0.1) is 6.92 Å². The molecule has 1 unspecified atom stereocenters. The van der Waals surface area contributed by atoms with E-state index in [0.29, 0.717) is 13.0 Å². The van der Waals surface area contributed by atoms with E-state index in [4.69, 9.17) is 5.73 Å². The standard InChI is InChI=1S/C12H18N2O/c1-3-14-12(15)8-11(13)10-6-4-5-9(2)7-10/h4-7,11H,3,8,13H2,1-2H3,(H,14,15). The number of nitrogens with one attached hydrogen (secondary N) is 1. The van der Waals surface area contributed by atoms with Crippen molar-refractivity contribution in [3.63, 3.8) is 0 Å². The molecule has 0 aromatic heterocycles. The number of rotatable bonds is 4. The average molecular weight is 206 g/mol. The Morgan fingerprint density at radius 1 is 1.53 bits per heavy atom. The molecule has 1 aromatic carbocycles. The van der Waals surface area contributed by atoms with Crippen molar-refractivity contribution in [2.75, 3.05) is 6.54 Å². The number of hydrogen-bond donors (Lipinski definition) is 2. The largest absolute Gasteiger partial charge is 0.356 e. The van der Waals surface area contributed by atoms with Crippen LogP contribution in [0.5, 0.6) is 0 Å². The maximum Gasteiger partial charge on any atom is 0.221 e. The summed E-state index contributed by atoms with van der Waals surface area (Å²) in [5.74, 6) is 0.00602. The minimum atomic E-state index is -0.212. The molecule has 0 aliphatic carbocycles. The van der Waals surface area contributed by atoms with E-state index in [1.165, 1.54) is 5.56 Å². The predicted octanol–water partition coefficient (Wildman–Crippen LogP) is 1.52. The Balaban J connectivity index is 2.60. The first-order valence-electron chi connectivity index (χ1n) is 5.22. The summed E-state index contributed by atoms with van der Waals surface area (Å²) in [6.45, 7) is 4.57. The van der Waals surface area contributed by atoms with Crippen LogP contribution >= 0.6 is 0 Å². The number of nitrogens with two attached hydrogens (primary N) is 1. The van der Waals surface area contributed by atoms with Gasteiger partial charge in [0.2, 0.25) is 5.91 Å². The van der Waals surface area contributed by atoms with Gasteiger partial charge in [0.05, 0.1) is 0 Å². The summed E-state index contributed by atoms with van der Waals surface area (Å²) >= 11 is 0. The Hall–Kier alpha value is -1.35. The first kappa shape index (κ1) is 11.7. The zero-order chi connectivity index (χ0) is 11.3. The molecule has 1 amide bonds. The summed E-state index contributed by atoms with van der Waals surface area (Å²) in [7, 11) is 0. The van der Waals surface area contributed by atoms with Crippen LogP contribution in [0.1, 0.15) is 30.5 Å². The van der Waals surface area contributed by atoms with Crippen molar-refractivity contribution in [3.05, 3.63) is 35.4 Å². The lowest BCUT2D eigenvalue weighted by atomic mass is 10.0. The topological polar surface area (TPSA) is 55.1 Å². The highest BCUT2D eigenvalue weighted by Crippen LogP contribution is 2.14. The molecular formula is C12H18N2O. The predicted molar refractivity (Wildman–Crippen MR) is 61.4 cm³/mol. The van der Waals surface area contributed by atoms with Gasteiger partial charge in [-0.1, -0.05) is 29.8 Å². The molecule has 0 bridgehead atoms. The number of carbonyl (C=O) groups is 1. The smallest absolute Gasteiger partial charge is 0.221 e. The summed E-state index contributed by atoms with van der Waals surface area (Å²) in [4.78, 5) is 11.3. The van der Waals surface area contributed by atoms with E-state index in [1.807, 2.05) is 38.1 Å². The number of carbonyl (C=O) groups excluding carboxylic acids is 1. The number of aryl methyl sites for hydroxylation is 1. The quantitative estimate of drug-likeness (QED) is 0.784. The SMILES string of the molecule is CCNC(=O)CC(N)c1cccc(C)c1. The average Bonchev–Trinajstić information content (AvgIpc) is 2.18. The zero-order valence-corrected chi connectivity index (χ0v) is 9.29. The summed E-state index contributed by atoms with van der Waals surface area (Å²) in [5, 5.41) is 2.74. The van der Waals surface area contributed by atoms with Crippen molar-refractivity contribution in [1.82, 2.24) is 5.32 Å². The van der Waals surface area contributed by atoms with Gasteiger partial charge in [0.15, 0.2) is 0 Å². The molecule has 1 atom stereocenters. The van der Waals surface area contributed by atoms with Gasteiger partial charge < -0.3 is 11.1 Å². The number of benzene rings is 1. The van der Waals surface area contributed by atoms with E-state index in [1.54, 1.807) is 0 Å². The van der Waals surface area contributed by atoms with Gasteiger partial charge in [-0.25, -0.2) is 0 Å². The van der Waals surface area contributed by atoms with E-state index >= 15 is 0 Å². The maximum atomic E-state index is 11.3. The first-order valence-corrected chi connectivity index (χ1v) is 5.22. The van der Waals surface area contributed by atoms with Crippen LogP contribution < -0.4 is 11.1 Å². The van der Waals surface area contributed by atoms with Crippen molar-refractivity contribution in [3.8, 4) is 0 Å². The van der Waals surface area contributed by atoms with Gasteiger partial charge in [0.1, 0.15) is 0 Å². The summed E-state index contributed by atoms with van der Waals surface area (Å²) in [5.41, 5.74) is 8.11. The summed E-state index contributed by atoms with van der Waals surface area (Å²) < 4.78 is 0. The van der Waals surface area contributed by atoms with E-state index in [-0.39, 0.29) is 11.9 Å². The van der Waals surface area contributed by atoms with Crippen LogP contribution in [0.2, 0.25) is 0 Å². The Kier molecular flexibility index (Phi) is 4.31. The number of amides is 1. The Morgan fingerprint density at radius 3 is 2.87 bits per heavy atom. The molecule has 0 aliphatic rings. The second-order valence-corrected chi connectivity index (χ2v) is 3.68. The van der Waals surface area contributed by atoms with Crippen LogP contribution in [-0.2, 0) is 4.79 Å². The molecule has 3 N–H and O–H groups in total. The van der Waals surface area contributed by atoms with Gasteiger partial charge in [-0.2, -0.15) is 0 Å². The summed E-state index contributed by atoms with van der Waals surface area (Å²) in [6.07, 6.45) is 0.345. The molecule has 82 valence electrons. The van der Waals surface area contributed by atoms with Crippen LogP contribution in [0.15, 0.2) is 24.3 Å². The van der Waals surface area contributed by atoms with E-state index in [9.17, 15) is 4.79 Å². The lowest BCUT2D eigenvalue weighted by Gasteiger charge is -2.12. The molecule has 0 saturated carbocycles. The highest BCUT2D eigenvalue weighted by atomic mass is 16.1. The van der Waals surface area contributed by atoms with Crippen molar-refractivity contribution >= 4 is 5.91 Å². The Morgan fingerprint density at radius 2 is 2.27 bits per heavy atom. The molecular weight excluding hydrogens is 188 g/mol. The Labute approximate surface area is 90.7 Å². The Bertz CT molecular complexity index is 336.